The van der Waals surface area contributed by atoms with Gasteiger partial charge in [0.25, 0.3) is 0 Å². The molecular weight excluding hydrogens is 732 g/mol. The normalized spacial score (nSPS) is 14.7. The van der Waals surface area contributed by atoms with Gasteiger partial charge in [-0.25, -0.2) is 4.57 Å². The summed E-state index contributed by atoms with van der Waals surface area (Å²) in [5.41, 5.74) is 0. The van der Waals surface area contributed by atoms with E-state index in [1.807, 2.05) is 27.2 Å². The number of unbranched alkanes of at least 4 members (excludes halogenated alkanes) is 23. The van der Waals surface area contributed by atoms with E-state index in [4.69, 9.17) is 9.05 Å². The van der Waals surface area contributed by atoms with E-state index in [2.05, 4.69) is 55.6 Å². The SMILES string of the molecule is CCCCCCCCC/C=C\CCCCCCCC(=O)NC(COP(=O)(O)OCC[N+](C)(C)C)C(O)/C=C/CC/C=C/CC/C=C/CCCCCCCCCCC. The summed E-state index contributed by atoms with van der Waals surface area (Å²) in [5, 5.41) is 13.8. The molecule has 0 saturated heterocycles. The lowest BCUT2D eigenvalue weighted by Crippen LogP contribution is -2.45. The highest BCUT2D eigenvalue weighted by atomic mass is 31.2. The van der Waals surface area contributed by atoms with Crippen LogP contribution in [0.3, 0.4) is 0 Å². The summed E-state index contributed by atoms with van der Waals surface area (Å²) in [4.78, 5) is 23.1. The first-order valence-electron chi connectivity index (χ1n) is 23.5. The van der Waals surface area contributed by atoms with Gasteiger partial charge in [0.05, 0.1) is 39.9 Å². The summed E-state index contributed by atoms with van der Waals surface area (Å²) in [6, 6.07) is -0.873. The number of allylic oxidation sites excluding steroid dienone is 7. The summed E-state index contributed by atoms with van der Waals surface area (Å²) in [5.74, 6) is -0.201. The highest BCUT2D eigenvalue weighted by molar-refractivity contribution is 7.47. The molecule has 57 heavy (non-hydrogen) atoms. The van der Waals surface area contributed by atoms with Crippen LogP contribution in [-0.4, -0.2) is 73.4 Å². The van der Waals surface area contributed by atoms with Gasteiger partial charge in [0.15, 0.2) is 0 Å². The molecule has 0 aromatic rings. The molecule has 0 bridgehead atoms. The predicted octanol–water partition coefficient (Wildman–Crippen LogP) is 13.2. The Kier molecular flexibility index (Phi) is 38.8. The lowest BCUT2D eigenvalue weighted by Gasteiger charge is -2.25. The second-order valence-electron chi connectivity index (χ2n) is 17.1. The first-order chi connectivity index (χ1) is 27.5. The number of nitrogens with zero attached hydrogens (tertiary/aromatic N) is 1. The maximum absolute atomic E-state index is 12.9. The lowest BCUT2D eigenvalue weighted by atomic mass is 10.1. The number of hydrogen-bond acceptors (Lipinski definition) is 5. The van der Waals surface area contributed by atoms with Crippen molar-refractivity contribution >= 4 is 13.7 Å². The van der Waals surface area contributed by atoms with Gasteiger partial charge in [0.1, 0.15) is 13.2 Å². The van der Waals surface area contributed by atoms with E-state index in [9.17, 15) is 19.4 Å². The smallest absolute Gasteiger partial charge is 0.387 e. The number of likely N-dealkylation sites (N-methyl/N-ethyl adjacent to an activating group) is 1. The number of aliphatic hydroxyl groups excluding tert-OH is 1. The summed E-state index contributed by atoms with van der Waals surface area (Å²) in [6.45, 7) is 4.77. The van der Waals surface area contributed by atoms with E-state index in [0.717, 1.165) is 57.8 Å². The van der Waals surface area contributed by atoms with Crippen LogP contribution < -0.4 is 5.32 Å². The van der Waals surface area contributed by atoms with Gasteiger partial charge in [-0.3, -0.25) is 13.8 Å². The Bertz CT molecular complexity index is 1070. The third-order valence-corrected chi connectivity index (χ3v) is 11.2. The second kappa shape index (κ2) is 39.9. The van der Waals surface area contributed by atoms with Crippen molar-refractivity contribution in [2.24, 2.45) is 0 Å². The van der Waals surface area contributed by atoms with Crippen LogP contribution in [0.15, 0.2) is 48.6 Å². The molecule has 3 N–H and O–H groups in total. The van der Waals surface area contributed by atoms with Gasteiger partial charge >= 0.3 is 7.82 Å². The second-order valence-corrected chi connectivity index (χ2v) is 18.6. The van der Waals surface area contributed by atoms with Crippen molar-refractivity contribution in [1.29, 1.82) is 0 Å². The fourth-order valence-corrected chi connectivity index (χ4v) is 7.21. The van der Waals surface area contributed by atoms with Gasteiger partial charge < -0.3 is 19.8 Å². The first kappa shape index (κ1) is 55.5. The number of carbonyl (C=O) groups is 1. The van der Waals surface area contributed by atoms with Crippen molar-refractivity contribution in [3.8, 4) is 0 Å². The molecule has 334 valence electrons. The van der Waals surface area contributed by atoms with Crippen LogP contribution in [0.2, 0.25) is 0 Å². The standard InChI is InChI=1S/C48H91N2O6P/c1-6-8-10-12-14-16-18-20-22-24-25-26-27-29-31-33-35-37-39-41-47(51)46(45-56-57(53,54)55-44-43-50(3,4)5)49-48(52)42-40-38-36-34-32-30-28-23-21-19-17-15-13-11-9-7-2/h23,25-26,28,31,33,39,41,46-47,51H,6-22,24,27,29-30,32,34-38,40,42-45H2,1-5H3,(H-,49,52,53,54)/p+1/b26-25+,28-23-,33-31+,41-39+. The molecule has 0 aromatic heterocycles. The van der Waals surface area contributed by atoms with E-state index < -0.39 is 20.0 Å². The number of aliphatic hydroxyl groups is 1. The van der Waals surface area contributed by atoms with Gasteiger partial charge in [-0.15, -0.1) is 0 Å². The molecule has 0 spiro atoms. The summed E-state index contributed by atoms with van der Waals surface area (Å²) >= 11 is 0. The zero-order valence-electron chi connectivity index (χ0n) is 37.8. The van der Waals surface area contributed by atoms with E-state index in [1.165, 1.54) is 122 Å². The zero-order valence-corrected chi connectivity index (χ0v) is 38.7. The maximum atomic E-state index is 12.9. The minimum atomic E-state index is -4.35. The molecule has 0 aliphatic carbocycles. The fraction of sp³-hybridized carbons (Fsp3) is 0.812. The van der Waals surface area contributed by atoms with Crippen molar-refractivity contribution in [2.45, 2.75) is 212 Å². The Morgan fingerprint density at radius 3 is 1.40 bits per heavy atom. The minimum Gasteiger partial charge on any atom is -0.387 e. The molecule has 0 fully saturated rings. The highest BCUT2D eigenvalue weighted by Gasteiger charge is 2.27. The van der Waals surface area contributed by atoms with E-state index in [0.29, 0.717) is 17.4 Å². The van der Waals surface area contributed by atoms with Crippen LogP contribution in [0.1, 0.15) is 200 Å². The Hall–Kier alpha value is -1.54. The number of quaternary nitrogens is 1. The van der Waals surface area contributed by atoms with Gasteiger partial charge in [-0.1, -0.05) is 172 Å². The summed E-state index contributed by atoms with van der Waals surface area (Å²) in [7, 11) is 1.54. The quantitative estimate of drug-likeness (QED) is 0.0245. The molecule has 0 aliphatic heterocycles. The van der Waals surface area contributed by atoms with Gasteiger partial charge in [-0.2, -0.15) is 0 Å². The Labute approximate surface area is 352 Å². The molecule has 0 radical (unpaired) electrons. The number of hydrogen-bond donors (Lipinski definition) is 3. The van der Waals surface area contributed by atoms with Crippen LogP contribution in [-0.2, 0) is 18.4 Å². The third-order valence-electron chi connectivity index (χ3n) is 10.2. The van der Waals surface area contributed by atoms with E-state index in [1.54, 1.807) is 6.08 Å². The largest absolute Gasteiger partial charge is 0.472 e. The Balaban J connectivity index is 4.49. The molecule has 0 aromatic carbocycles. The molecule has 0 heterocycles. The number of phosphoric ester groups is 1. The molecule has 3 unspecified atom stereocenters. The van der Waals surface area contributed by atoms with Gasteiger partial charge in [0.2, 0.25) is 5.91 Å². The molecule has 0 saturated carbocycles. The topological polar surface area (TPSA) is 105 Å². The fourth-order valence-electron chi connectivity index (χ4n) is 6.48. The van der Waals surface area contributed by atoms with Crippen LogP contribution in [0.4, 0.5) is 0 Å². The van der Waals surface area contributed by atoms with Crippen LogP contribution >= 0.6 is 7.82 Å². The highest BCUT2D eigenvalue weighted by Crippen LogP contribution is 2.43. The monoisotopic (exact) mass is 824 g/mol. The van der Waals surface area contributed by atoms with Crippen molar-refractivity contribution in [3.63, 3.8) is 0 Å². The van der Waals surface area contributed by atoms with Crippen molar-refractivity contribution < 1.29 is 32.9 Å². The van der Waals surface area contributed by atoms with Crippen molar-refractivity contribution in [3.05, 3.63) is 48.6 Å². The molecule has 3 atom stereocenters. The average molecular weight is 824 g/mol. The summed E-state index contributed by atoms with van der Waals surface area (Å²) < 4.78 is 23.6. The van der Waals surface area contributed by atoms with Crippen LogP contribution in [0, 0.1) is 0 Å². The van der Waals surface area contributed by atoms with E-state index >= 15 is 0 Å². The first-order valence-corrected chi connectivity index (χ1v) is 25.0. The molecule has 8 nitrogen and oxygen atoms in total. The number of amides is 1. The minimum absolute atomic E-state index is 0.0511. The molecule has 0 aliphatic rings. The molecule has 0 rings (SSSR count). The number of phosphoric acid groups is 1. The van der Waals surface area contributed by atoms with Gasteiger partial charge in [0, 0.05) is 6.42 Å². The van der Waals surface area contributed by atoms with Crippen molar-refractivity contribution in [1.82, 2.24) is 5.32 Å². The Morgan fingerprint density at radius 2 is 0.965 bits per heavy atom. The third kappa shape index (κ3) is 42.4. The molecular formula is C48H92N2O6P+. The maximum Gasteiger partial charge on any atom is 0.472 e. The van der Waals surface area contributed by atoms with Crippen LogP contribution in [0.5, 0.6) is 0 Å². The molecule has 1 amide bonds. The van der Waals surface area contributed by atoms with Gasteiger partial charge in [-0.05, 0) is 70.6 Å². The molecule has 9 heteroatoms. The number of nitrogens with one attached hydrogen (secondary N) is 1. The van der Waals surface area contributed by atoms with E-state index in [-0.39, 0.29) is 19.1 Å². The number of carbonyl (C=O) groups excluding carboxylic acids is 1. The van der Waals surface area contributed by atoms with Crippen LogP contribution in [0.25, 0.3) is 0 Å². The number of rotatable bonds is 42. The van der Waals surface area contributed by atoms with Crippen molar-refractivity contribution in [2.75, 3.05) is 40.9 Å². The Morgan fingerprint density at radius 1 is 0.579 bits per heavy atom. The predicted molar refractivity (Wildman–Crippen MR) is 244 cm³/mol. The lowest BCUT2D eigenvalue weighted by molar-refractivity contribution is -0.870. The average Bonchev–Trinajstić information content (AvgIpc) is 3.16. The summed E-state index contributed by atoms with van der Waals surface area (Å²) in [6.07, 6.45) is 50.4. The zero-order chi connectivity index (χ0) is 42.1.